The number of sulfonamides is 1. The van der Waals surface area contributed by atoms with Crippen molar-refractivity contribution < 1.29 is 18.0 Å². The Labute approximate surface area is 207 Å². The van der Waals surface area contributed by atoms with E-state index in [1.165, 1.54) is 11.9 Å². The fourth-order valence-electron chi connectivity index (χ4n) is 3.87. The van der Waals surface area contributed by atoms with Gasteiger partial charge in [0.25, 0.3) is 0 Å². The fraction of sp³-hybridized carbons (Fsp3) is 0.333. The van der Waals surface area contributed by atoms with Crippen LogP contribution in [0.25, 0.3) is 10.8 Å². The third kappa shape index (κ3) is 6.46. The lowest BCUT2D eigenvalue weighted by atomic mass is 10.1. The summed E-state index contributed by atoms with van der Waals surface area (Å²) in [4.78, 5) is 27.7. The molecule has 7 nitrogen and oxygen atoms in total. The summed E-state index contributed by atoms with van der Waals surface area (Å²) in [5.74, 6) is -0.745. The molecule has 1 N–H and O–H groups in total. The van der Waals surface area contributed by atoms with Crippen LogP contribution in [0.4, 0.5) is 0 Å². The SMILES string of the molecule is Cc1cccc(CN(C(=O)CN(C)S(=O)(=O)c2ccc3ccccc3c2)[C@H](C)C(=O)NC(C)C)c1. The van der Waals surface area contributed by atoms with Crippen molar-refractivity contribution >= 4 is 32.6 Å². The summed E-state index contributed by atoms with van der Waals surface area (Å²) < 4.78 is 27.6. The Kier molecular flexibility index (Phi) is 8.30. The lowest BCUT2D eigenvalue weighted by Crippen LogP contribution is -2.51. The Morgan fingerprint density at radius 3 is 2.26 bits per heavy atom. The Bertz CT molecular complexity index is 1320. The summed E-state index contributed by atoms with van der Waals surface area (Å²) in [6.07, 6.45) is 0. The highest BCUT2D eigenvalue weighted by Gasteiger charge is 2.30. The van der Waals surface area contributed by atoms with E-state index in [-0.39, 0.29) is 29.9 Å². The van der Waals surface area contributed by atoms with Crippen LogP contribution in [0, 0.1) is 6.92 Å². The van der Waals surface area contributed by atoms with E-state index in [9.17, 15) is 18.0 Å². The van der Waals surface area contributed by atoms with Crippen LogP contribution < -0.4 is 5.32 Å². The number of hydrogen-bond acceptors (Lipinski definition) is 4. The molecule has 0 fully saturated rings. The highest BCUT2D eigenvalue weighted by Crippen LogP contribution is 2.22. The largest absolute Gasteiger partial charge is 0.352 e. The van der Waals surface area contributed by atoms with Gasteiger partial charge in [0.05, 0.1) is 11.4 Å². The third-order valence-electron chi connectivity index (χ3n) is 5.82. The van der Waals surface area contributed by atoms with E-state index in [0.29, 0.717) is 0 Å². The zero-order valence-corrected chi connectivity index (χ0v) is 21.7. The summed E-state index contributed by atoms with van der Waals surface area (Å²) in [5, 5.41) is 4.57. The number of likely N-dealkylation sites (N-methyl/N-ethyl adjacent to an activating group) is 1. The molecule has 0 aliphatic carbocycles. The first-order valence-corrected chi connectivity index (χ1v) is 13.0. The molecule has 0 unspecified atom stereocenters. The number of carbonyl (C=O) groups excluding carboxylic acids is 2. The maximum absolute atomic E-state index is 13.4. The Hall–Kier alpha value is -3.23. The fourth-order valence-corrected chi connectivity index (χ4v) is 5.03. The summed E-state index contributed by atoms with van der Waals surface area (Å²) >= 11 is 0. The molecule has 3 rings (SSSR count). The second-order valence-corrected chi connectivity index (χ2v) is 11.2. The number of nitrogens with zero attached hydrogens (tertiary/aromatic N) is 2. The Balaban J connectivity index is 1.85. The molecular weight excluding hydrogens is 462 g/mol. The minimum absolute atomic E-state index is 0.0863. The quantitative estimate of drug-likeness (QED) is 0.490. The molecule has 0 bridgehead atoms. The van der Waals surface area contributed by atoms with Gasteiger partial charge in [-0.3, -0.25) is 9.59 Å². The van der Waals surface area contributed by atoms with Crippen LogP contribution in [0.5, 0.6) is 0 Å². The Morgan fingerprint density at radius 1 is 0.914 bits per heavy atom. The summed E-state index contributed by atoms with van der Waals surface area (Å²) in [6, 6.07) is 19.2. The predicted molar refractivity (Wildman–Crippen MR) is 138 cm³/mol. The molecule has 1 atom stereocenters. The molecule has 186 valence electrons. The number of aryl methyl sites for hydroxylation is 1. The van der Waals surface area contributed by atoms with Gasteiger partial charge >= 0.3 is 0 Å². The van der Waals surface area contributed by atoms with Crippen LogP contribution in [-0.2, 0) is 26.2 Å². The van der Waals surface area contributed by atoms with Gasteiger partial charge in [-0.05, 0) is 56.2 Å². The van der Waals surface area contributed by atoms with Crippen LogP contribution in [-0.4, -0.2) is 55.1 Å². The number of carbonyl (C=O) groups is 2. The van der Waals surface area contributed by atoms with Gasteiger partial charge in [-0.25, -0.2) is 8.42 Å². The molecular formula is C27H33N3O4S. The van der Waals surface area contributed by atoms with Gasteiger partial charge in [0.1, 0.15) is 6.04 Å². The first kappa shape index (κ1) is 26.4. The lowest BCUT2D eigenvalue weighted by molar-refractivity contribution is -0.140. The molecule has 0 aliphatic rings. The maximum atomic E-state index is 13.4. The van der Waals surface area contributed by atoms with E-state index < -0.39 is 22.0 Å². The van der Waals surface area contributed by atoms with Crippen molar-refractivity contribution in [2.75, 3.05) is 13.6 Å². The van der Waals surface area contributed by atoms with E-state index in [0.717, 1.165) is 26.2 Å². The van der Waals surface area contributed by atoms with Crippen molar-refractivity contribution in [2.45, 2.75) is 51.2 Å². The van der Waals surface area contributed by atoms with Crippen molar-refractivity contribution in [1.29, 1.82) is 0 Å². The number of nitrogens with one attached hydrogen (secondary N) is 1. The molecule has 3 aromatic rings. The molecule has 0 radical (unpaired) electrons. The van der Waals surface area contributed by atoms with Gasteiger partial charge in [0.15, 0.2) is 0 Å². The number of fused-ring (bicyclic) bond motifs is 1. The van der Waals surface area contributed by atoms with E-state index in [1.54, 1.807) is 25.1 Å². The van der Waals surface area contributed by atoms with Crippen molar-refractivity contribution in [3.8, 4) is 0 Å². The Morgan fingerprint density at radius 2 is 1.60 bits per heavy atom. The van der Waals surface area contributed by atoms with Gasteiger partial charge in [-0.2, -0.15) is 4.31 Å². The molecule has 0 heterocycles. The molecule has 0 saturated carbocycles. The average Bonchev–Trinajstić information content (AvgIpc) is 2.81. The van der Waals surface area contributed by atoms with Crippen molar-refractivity contribution in [3.05, 3.63) is 77.9 Å². The van der Waals surface area contributed by atoms with Gasteiger partial charge in [0, 0.05) is 19.6 Å². The summed E-state index contributed by atoms with van der Waals surface area (Å²) in [6.45, 7) is 7.11. The van der Waals surface area contributed by atoms with Crippen molar-refractivity contribution in [3.63, 3.8) is 0 Å². The van der Waals surface area contributed by atoms with E-state index in [1.807, 2.05) is 69.3 Å². The normalized spacial score (nSPS) is 12.7. The number of rotatable bonds is 9. The van der Waals surface area contributed by atoms with Crippen LogP contribution >= 0.6 is 0 Å². The molecule has 3 aromatic carbocycles. The molecule has 2 amide bonds. The van der Waals surface area contributed by atoms with Gasteiger partial charge < -0.3 is 10.2 Å². The molecule has 35 heavy (non-hydrogen) atoms. The zero-order chi connectivity index (χ0) is 25.8. The average molecular weight is 496 g/mol. The molecule has 8 heteroatoms. The number of amides is 2. The van der Waals surface area contributed by atoms with E-state index >= 15 is 0 Å². The topological polar surface area (TPSA) is 86.8 Å². The summed E-state index contributed by atoms with van der Waals surface area (Å²) in [5.41, 5.74) is 1.90. The second kappa shape index (κ2) is 11.0. The van der Waals surface area contributed by atoms with E-state index in [2.05, 4.69) is 5.32 Å². The van der Waals surface area contributed by atoms with Crippen LogP contribution in [0.3, 0.4) is 0 Å². The number of hydrogen-bond donors (Lipinski definition) is 1. The van der Waals surface area contributed by atoms with Crippen LogP contribution in [0.1, 0.15) is 31.9 Å². The maximum Gasteiger partial charge on any atom is 0.243 e. The van der Waals surface area contributed by atoms with Crippen molar-refractivity contribution in [2.24, 2.45) is 0 Å². The highest BCUT2D eigenvalue weighted by molar-refractivity contribution is 7.89. The minimum atomic E-state index is -3.92. The second-order valence-electron chi connectivity index (χ2n) is 9.12. The monoisotopic (exact) mass is 495 g/mol. The smallest absolute Gasteiger partial charge is 0.243 e. The molecule has 0 saturated heterocycles. The van der Waals surface area contributed by atoms with Crippen LogP contribution in [0.2, 0.25) is 0 Å². The summed E-state index contributed by atoms with van der Waals surface area (Å²) in [7, 11) is -2.54. The third-order valence-corrected chi connectivity index (χ3v) is 7.62. The van der Waals surface area contributed by atoms with Crippen LogP contribution in [0.15, 0.2) is 71.6 Å². The first-order chi connectivity index (χ1) is 16.5. The number of benzene rings is 3. The highest BCUT2D eigenvalue weighted by atomic mass is 32.2. The van der Waals surface area contributed by atoms with Gasteiger partial charge in [-0.1, -0.05) is 60.2 Å². The zero-order valence-electron chi connectivity index (χ0n) is 20.9. The van der Waals surface area contributed by atoms with Crippen molar-refractivity contribution in [1.82, 2.24) is 14.5 Å². The molecule has 0 spiro atoms. The van der Waals surface area contributed by atoms with Gasteiger partial charge in [0.2, 0.25) is 21.8 Å². The molecule has 0 aliphatic heterocycles. The first-order valence-electron chi connectivity index (χ1n) is 11.6. The molecule has 0 aromatic heterocycles. The predicted octanol–water partition coefficient (Wildman–Crippen LogP) is 3.71. The minimum Gasteiger partial charge on any atom is -0.352 e. The van der Waals surface area contributed by atoms with Gasteiger partial charge in [-0.15, -0.1) is 0 Å². The lowest BCUT2D eigenvalue weighted by Gasteiger charge is -2.31. The van der Waals surface area contributed by atoms with E-state index in [4.69, 9.17) is 0 Å². The standard InChI is InChI=1S/C27H33N3O4S/c1-19(2)28-27(32)21(4)30(17-22-10-8-9-20(3)15-22)26(31)18-29(5)35(33,34)25-14-13-23-11-6-7-12-24(23)16-25/h6-16,19,21H,17-18H2,1-5H3,(H,28,32)/t21-/m1/s1.